The molecule has 0 N–H and O–H groups in total. The third-order valence-electron chi connectivity index (χ3n) is 13.8. The second-order valence-corrected chi connectivity index (χ2v) is 17.8. The van der Waals surface area contributed by atoms with E-state index in [1.807, 2.05) is 0 Å². The summed E-state index contributed by atoms with van der Waals surface area (Å²) in [7, 11) is 0. The Hall–Kier alpha value is -7.24. The zero-order valence-corrected chi connectivity index (χ0v) is 32.4. The maximum atomic E-state index is 7.02. The minimum Gasteiger partial charge on any atom is -0.455 e. The molecule has 2 aliphatic rings. The molecular weight excluding hydrogens is 723 g/mol. The number of hydrogen-bond donors (Lipinski definition) is 0. The van der Waals surface area contributed by atoms with Gasteiger partial charge in [-0.1, -0.05) is 134 Å². The Morgan fingerprint density at radius 1 is 0.373 bits per heavy atom. The largest absolute Gasteiger partial charge is 0.455 e. The van der Waals surface area contributed by atoms with E-state index in [-0.39, 0.29) is 12.1 Å². The number of fused-ring (bicyclic) bond motifs is 20. The SMILES string of the molecule is CC(C)(C)c1cc2c3c(c1)-c1c4oc5ccccc5c4cc4c1c(cc1c5ccccc5oc41)B3c1cc3c4ccccc4oc3c3cc4c(oc5ccccc54)c-2c13. The van der Waals surface area contributed by atoms with Crippen molar-refractivity contribution < 1.29 is 17.7 Å². The van der Waals surface area contributed by atoms with Gasteiger partial charge in [-0.2, -0.15) is 0 Å². The van der Waals surface area contributed by atoms with Crippen LogP contribution in [-0.4, -0.2) is 6.71 Å². The monoisotopic (exact) mass is 754 g/mol. The van der Waals surface area contributed by atoms with E-state index in [2.05, 4.69) is 154 Å². The highest BCUT2D eigenvalue weighted by molar-refractivity contribution is 7.02. The van der Waals surface area contributed by atoms with Gasteiger partial charge >= 0.3 is 0 Å². The van der Waals surface area contributed by atoms with E-state index in [4.69, 9.17) is 17.7 Å². The predicted octanol–water partition coefficient (Wildman–Crippen LogP) is 13.4. The molecule has 5 heteroatoms. The van der Waals surface area contributed by atoms with E-state index in [0.717, 1.165) is 110 Å². The van der Waals surface area contributed by atoms with Gasteiger partial charge in [-0.3, -0.25) is 0 Å². The molecule has 274 valence electrons. The van der Waals surface area contributed by atoms with E-state index in [1.165, 1.54) is 43.9 Å². The second-order valence-electron chi connectivity index (χ2n) is 17.8. The Morgan fingerprint density at radius 3 is 1.12 bits per heavy atom. The molecule has 15 rings (SSSR count). The van der Waals surface area contributed by atoms with Crippen LogP contribution >= 0.6 is 0 Å². The molecule has 0 fully saturated rings. The Kier molecular flexibility index (Phi) is 5.26. The molecule has 0 unspecified atom stereocenters. The maximum Gasteiger partial charge on any atom is 0.244 e. The minimum atomic E-state index is -0.158. The Morgan fingerprint density at radius 2 is 0.729 bits per heavy atom. The number of para-hydroxylation sites is 4. The topological polar surface area (TPSA) is 52.6 Å². The lowest BCUT2D eigenvalue weighted by Gasteiger charge is -2.36. The molecule has 0 aliphatic carbocycles. The standard InChI is InChI=1S/C54H31BO4/c1-54(2,3)26-20-35-47-45-37(22-31-27-12-4-10-18-43(27)58-52(31)47)50-33(29-14-6-8-16-41(29)56-50)24-39(45)55-40-25-34-30-15-7-9-17-42(30)57-51(34)38-23-32-28-13-5-11-19-44(28)59-53(32)48(46(38)40)36(21-26)49(35)55/h4-25H,1-3H3. The molecule has 0 spiro atoms. The van der Waals surface area contributed by atoms with Gasteiger partial charge in [0.15, 0.2) is 0 Å². The summed E-state index contributed by atoms with van der Waals surface area (Å²) in [6.45, 7) is 6.85. The summed E-state index contributed by atoms with van der Waals surface area (Å²) in [5.74, 6) is 0. The van der Waals surface area contributed by atoms with Crippen LogP contribution in [0.2, 0.25) is 0 Å². The maximum absolute atomic E-state index is 7.02. The molecule has 59 heavy (non-hydrogen) atoms. The van der Waals surface area contributed by atoms with Crippen LogP contribution in [0.5, 0.6) is 0 Å². The third-order valence-corrected chi connectivity index (χ3v) is 13.8. The van der Waals surface area contributed by atoms with Crippen molar-refractivity contribution in [1.82, 2.24) is 0 Å². The molecule has 0 saturated heterocycles. The van der Waals surface area contributed by atoms with Crippen molar-refractivity contribution in [2.24, 2.45) is 0 Å². The third kappa shape index (κ3) is 3.61. The summed E-state index contributed by atoms with van der Waals surface area (Å²) in [6.07, 6.45) is 0. The Labute approximate surface area is 336 Å². The lowest BCUT2D eigenvalue weighted by Crippen LogP contribution is -2.57. The van der Waals surface area contributed by atoms with Gasteiger partial charge in [0.2, 0.25) is 6.71 Å². The fourth-order valence-corrected chi connectivity index (χ4v) is 11.2. The highest BCUT2D eigenvalue weighted by Crippen LogP contribution is 2.51. The van der Waals surface area contributed by atoms with Gasteiger partial charge in [-0.05, 0) is 69.3 Å². The normalized spacial score (nSPS) is 13.6. The van der Waals surface area contributed by atoms with Gasteiger partial charge in [0.05, 0.1) is 0 Å². The van der Waals surface area contributed by atoms with Crippen molar-refractivity contribution in [1.29, 1.82) is 0 Å². The fraction of sp³-hybridized carbons (Fsp3) is 0.0741. The molecular formula is C54H31BO4. The van der Waals surface area contributed by atoms with Crippen molar-refractivity contribution in [3.05, 3.63) is 139 Å². The zero-order valence-electron chi connectivity index (χ0n) is 32.4. The molecule has 0 bridgehead atoms. The summed E-state index contributed by atoms with van der Waals surface area (Å²) < 4.78 is 27.8. The van der Waals surface area contributed by atoms with Crippen LogP contribution in [0, 0.1) is 0 Å². The second kappa shape index (κ2) is 10.1. The van der Waals surface area contributed by atoms with Gasteiger partial charge in [-0.15, -0.1) is 0 Å². The van der Waals surface area contributed by atoms with Gasteiger partial charge < -0.3 is 17.7 Å². The van der Waals surface area contributed by atoms with Crippen LogP contribution in [0.4, 0.5) is 0 Å². The van der Waals surface area contributed by atoms with Gasteiger partial charge in [0.1, 0.15) is 44.7 Å². The average molecular weight is 755 g/mol. The fourth-order valence-electron chi connectivity index (χ4n) is 11.2. The van der Waals surface area contributed by atoms with Crippen molar-refractivity contribution in [3.63, 3.8) is 0 Å². The number of benzene rings is 9. The first-order chi connectivity index (χ1) is 28.9. The molecule has 4 aromatic heterocycles. The van der Waals surface area contributed by atoms with Crippen LogP contribution in [0.15, 0.2) is 151 Å². The number of furan rings is 4. The average Bonchev–Trinajstić information content (AvgIpc) is 4.02. The number of rotatable bonds is 0. The Bertz CT molecular complexity index is 3870. The highest BCUT2D eigenvalue weighted by atomic mass is 16.3. The smallest absolute Gasteiger partial charge is 0.244 e. The van der Waals surface area contributed by atoms with Gasteiger partial charge in [0.25, 0.3) is 0 Å². The molecule has 13 aromatic rings. The van der Waals surface area contributed by atoms with Crippen LogP contribution in [0.25, 0.3) is 132 Å². The molecule has 0 saturated carbocycles. The van der Waals surface area contributed by atoms with Crippen LogP contribution < -0.4 is 16.4 Å². The van der Waals surface area contributed by atoms with Gasteiger partial charge in [-0.25, -0.2) is 0 Å². The van der Waals surface area contributed by atoms with Crippen molar-refractivity contribution in [3.8, 4) is 22.3 Å². The quantitative estimate of drug-likeness (QED) is 0.145. The molecule has 0 radical (unpaired) electrons. The summed E-state index contributed by atoms with van der Waals surface area (Å²) in [6, 6.07) is 48.3. The molecule has 0 amide bonds. The first-order valence-electron chi connectivity index (χ1n) is 20.5. The first kappa shape index (κ1) is 30.8. The van der Waals surface area contributed by atoms with Crippen LogP contribution in [-0.2, 0) is 5.41 Å². The van der Waals surface area contributed by atoms with Gasteiger partial charge in [0, 0.05) is 65.0 Å². The Balaban J connectivity index is 1.25. The van der Waals surface area contributed by atoms with E-state index in [9.17, 15) is 0 Å². The van der Waals surface area contributed by atoms with Crippen LogP contribution in [0.1, 0.15) is 26.3 Å². The van der Waals surface area contributed by atoms with Crippen molar-refractivity contribution >= 4 is 132 Å². The first-order valence-corrected chi connectivity index (χ1v) is 20.5. The molecule has 2 aliphatic heterocycles. The zero-order chi connectivity index (χ0) is 38.6. The number of hydrogen-bond acceptors (Lipinski definition) is 4. The lowest BCUT2D eigenvalue weighted by atomic mass is 9.30. The summed E-state index contributed by atoms with van der Waals surface area (Å²) >= 11 is 0. The van der Waals surface area contributed by atoms with Crippen molar-refractivity contribution in [2.75, 3.05) is 0 Å². The highest BCUT2D eigenvalue weighted by Gasteiger charge is 2.43. The minimum absolute atomic E-state index is 0.0983. The summed E-state index contributed by atoms with van der Waals surface area (Å²) in [5, 5.41) is 13.5. The molecule has 4 nitrogen and oxygen atoms in total. The molecule has 9 aromatic carbocycles. The molecule has 0 atom stereocenters. The van der Waals surface area contributed by atoms with E-state index < -0.39 is 0 Å². The van der Waals surface area contributed by atoms with E-state index >= 15 is 0 Å². The van der Waals surface area contributed by atoms with Crippen molar-refractivity contribution in [2.45, 2.75) is 26.2 Å². The lowest BCUT2D eigenvalue weighted by molar-refractivity contribution is 0.591. The summed E-state index contributed by atoms with van der Waals surface area (Å²) in [4.78, 5) is 0. The molecule has 6 heterocycles. The van der Waals surface area contributed by atoms with Crippen LogP contribution in [0.3, 0.4) is 0 Å². The predicted molar refractivity (Wildman–Crippen MR) is 245 cm³/mol. The van der Waals surface area contributed by atoms with E-state index in [1.54, 1.807) is 0 Å². The van der Waals surface area contributed by atoms with E-state index in [0.29, 0.717) is 0 Å². The summed E-state index contributed by atoms with van der Waals surface area (Å²) in [5.41, 5.74) is 16.8.